The van der Waals surface area contributed by atoms with Crippen LogP contribution < -0.4 is 0 Å². The Morgan fingerprint density at radius 1 is 0.857 bits per heavy atom. The summed E-state index contributed by atoms with van der Waals surface area (Å²) in [6.45, 7) is 4.64. The average Bonchev–Trinajstić information content (AvgIpc) is 2.98. The van der Waals surface area contributed by atoms with Crippen LogP contribution in [0, 0.1) is 28.6 Å². The summed E-state index contributed by atoms with van der Waals surface area (Å²) in [5.74, 6) is 2.88. The van der Waals surface area contributed by atoms with Crippen LogP contribution >= 0.6 is 15.9 Å². The number of hydrogen-bond acceptors (Lipinski definition) is 2. The summed E-state index contributed by atoms with van der Waals surface area (Å²) in [6.07, 6.45) is 10.2. The second-order valence-electron chi connectivity index (χ2n) is 9.68. The maximum Gasteiger partial charge on any atom is 0.155 e. The molecule has 0 aromatic heterocycles. The molecule has 0 unspecified atom stereocenters. The SMILES string of the molecule is Brc1ccccc1.C[C@]12CCC(=O)C=C1CC[C@@H]1[C@@H]2CC[C@]2(C)C(=O)CC[C@@H]12. The third kappa shape index (κ3) is 3.34. The molecule has 0 amide bonds. The predicted octanol–water partition coefficient (Wildman–Crippen LogP) is 6.54. The fourth-order valence-electron chi connectivity index (χ4n) is 6.75. The molecule has 0 spiro atoms. The van der Waals surface area contributed by atoms with Gasteiger partial charge in [-0.1, -0.05) is 53.5 Å². The highest BCUT2D eigenvalue weighted by molar-refractivity contribution is 9.10. The van der Waals surface area contributed by atoms with Gasteiger partial charge in [-0.15, -0.1) is 0 Å². The summed E-state index contributed by atoms with van der Waals surface area (Å²) < 4.78 is 1.13. The van der Waals surface area contributed by atoms with Gasteiger partial charge in [0.1, 0.15) is 5.78 Å². The maximum atomic E-state index is 12.4. The zero-order chi connectivity index (χ0) is 19.9. The second-order valence-corrected chi connectivity index (χ2v) is 10.6. The van der Waals surface area contributed by atoms with Crippen LogP contribution in [0.1, 0.15) is 65.2 Å². The quantitative estimate of drug-likeness (QED) is 0.457. The van der Waals surface area contributed by atoms with Gasteiger partial charge in [0.2, 0.25) is 0 Å². The molecular weight excluding hydrogens is 412 g/mol. The Morgan fingerprint density at radius 2 is 1.57 bits per heavy atom. The Kier molecular flexibility index (Phi) is 5.41. The van der Waals surface area contributed by atoms with E-state index in [4.69, 9.17) is 0 Å². The van der Waals surface area contributed by atoms with Gasteiger partial charge in [-0.3, -0.25) is 9.59 Å². The lowest BCUT2D eigenvalue weighted by Crippen LogP contribution is -2.50. The van der Waals surface area contributed by atoms with E-state index in [0.717, 1.165) is 43.0 Å². The number of halogens is 1. The van der Waals surface area contributed by atoms with E-state index in [2.05, 4.69) is 29.8 Å². The minimum atomic E-state index is -0.0246. The van der Waals surface area contributed by atoms with Crippen molar-refractivity contribution in [2.75, 3.05) is 0 Å². The van der Waals surface area contributed by atoms with Crippen LogP contribution in [0.15, 0.2) is 46.5 Å². The third-order valence-corrected chi connectivity index (χ3v) is 8.93. The number of allylic oxidation sites excluding steroid dienone is 1. The molecule has 5 atom stereocenters. The van der Waals surface area contributed by atoms with E-state index in [0.29, 0.717) is 29.3 Å². The summed E-state index contributed by atoms with van der Waals surface area (Å²) in [5.41, 5.74) is 1.64. The fourth-order valence-corrected chi connectivity index (χ4v) is 7.05. The molecule has 3 heteroatoms. The van der Waals surface area contributed by atoms with Gasteiger partial charge in [-0.05, 0) is 79.9 Å². The van der Waals surface area contributed by atoms with Gasteiger partial charge in [-0.25, -0.2) is 0 Å². The summed E-state index contributed by atoms with van der Waals surface area (Å²) in [4.78, 5) is 24.1. The van der Waals surface area contributed by atoms with E-state index < -0.39 is 0 Å². The average molecular weight is 443 g/mol. The van der Waals surface area contributed by atoms with Crippen LogP contribution in [0.25, 0.3) is 0 Å². The standard InChI is InChI=1S/C19H26O2.C6H5Br/c1-18-9-7-13(20)11-12(18)3-4-14-15-5-6-17(21)19(15,2)10-8-16(14)18;7-6-4-2-1-3-5-6/h11,14-16H,3-10H2,1-2H3;1-5H/t14-,15-,16-,18-,19-;/m0./s1. The summed E-state index contributed by atoms with van der Waals surface area (Å²) in [6, 6.07) is 9.97. The minimum Gasteiger partial charge on any atom is -0.299 e. The Balaban J connectivity index is 0.000000233. The molecule has 1 aromatic carbocycles. The molecule has 2 nitrogen and oxygen atoms in total. The van der Waals surface area contributed by atoms with Crippen molar-refractivity contribution in [1.29, 1.82) is 0 Å². The van der Waals surface area contributed by atoms with Crippen molar-refractivity contribution in [3.05, 3.63) is 46.5 Å². The Bertz CT molecular complexity index is 798. The smallest absolute Gasteiger partial charge is 0.155 e. The van der Waals surface area contributed by atoms with Crippen molar-refractivity contribution in [2.24, 2.45) is 28.6 Å². The highest BCUT2D eigenvalue weighted by Crippen LogP contribution is 2.64. The van der Waals surface area contributed by atoms with Crippen LogP contribution in [0.2, 0.25) is 0 Å². The first-order valence-corrected chi connectivity index (χ1v) is 11.6. The molecule has 28 heavy (non-hydrogen) atoms. The zero-order valence-corrected chi connectivity index (χ0v) is 18.6. The van der Waals surface area contributed by atoms with Crippen LogP contribution in [0.4, 0.5) is 0 Å². The van der Waals surface area contributed by atoms with Gasteiger partial charge in [0.25, 0.3) is 0 Å². The van der Waals surface area contributed by atoms with Gasteiger partial charge in [0, 0.05) is 22.7 Å². The van der Waals surface area contributed by atoms with Crippen molar-refractivity contribution >= 4 is 27.5 Å². The lowest BCUT2D eigenvalue weighted by atomic mass is 9.47. The summed E-state index contributed by atoms with van der Waals surface area (Å²) >= 11 is 3.31. The number of hydrogen-bond donors (Lipinski definition) is 0. The van der Waals surface area contributed by atoms with Crippen LogP contribution in [-0.4, -0.2) is 11.6 Å². The van der Waals surface area contributed by atoms with Gasteiger partial charge in [0.05, 0.1) is 0 Å². The Morgan fingerprint density at radius 3 is 2.25 bits per heavy atom. The van der Waals surface area contributed by atoms with Gasteiger partial charge < -0.3 is 0 Å². The molecule has 0 N–H and O–H groups in total. The molecule has 1 aromatic rings. The van der Waals surface area contributed by atoms with Crippen LogP contribution in [0.3, 0.4) is 0 Å². The fraction of sp³-hybridized carbons (Fsp3) is 0.600. The third-order valence-electron chi connectivity index (χ3n) is 8.40. The lowest BCUT2D eigenvalue weighted by Gasteiger charge is -2.56. The van der Waals surface area contributed by atoms with Crippen LogP contribution in [-0.2, 0) is 9.59 Å². The number of carbonyl (C=O) groups excluding carboxylic acids is 2. The molecule has 4 aliphatic rings. The topological polar surface area (TPSA) is 34.1 Å². The molecule has 150 valence electrons. The summed E-state index contributed by atoms with van der Waals surface area (Å²) in [7, 11) is 0. The molecule has 4 aliphatic carbocycles. The molecule has 0 aliphatic heterocycles. The van der Waals surface area contributed by atoms with Crippen LogP contribution in [0.5, 0.6) is 0 Å². The van der Waals surface area contributed by atoms with Crippen molar-refractivity contribution in [2.45, 2.75) is 65.2 Å². The van der Waals surface area contributed by atoms with E-state index in [1.807, 2.05) is 36.4 Å². The number of benzene rings is 1. The number of ketones is 2. The maximum absolute atomic E-state index is 12.4. The largest absolute Gasteiger partial charge is 0.299 e. The second kappa shape index (κ2) is 7.55. The van der Waals surface area contributed by atoms with E-state index in [1.54, 1.807) is 0 Å². The van der Waals surface area contributed by atoms with Crippen molar-refractivity contribution in [1.82, 2.24) is 0 Å². The molecule has 0 bridgehead atoms. The first kappa shape index (κ1) is 20.1. The normalized spacial score (nSPS) is 39.1. The monoisotopic (exact) mass is 442 g/mol. The minimum absolute atomic E-state index is 0.0246. The zero-order valence-electron chi connectivity index (χ0n) is 17.0. The number of Topliss-reactive ketones (excluding diaryl/α,β-unsaturated/α-hetero) is 1. The van der Waals surface area contributed by atoms with Crippen molar-refractivity contribution in [3.8, 4) is 0 Å². The van der Waals surface area contributed by atoms with E-state index in [9.17, 15) is 9.59 Å². The highest BCUT2D eigenvalue weighted by Gasteiger charge is 2.58. The molecule has 5 rings (SSSR count). The Hall–Kier alpha value is -1.22. The van der Waals surface area contributed by atoms with E-state index in [1.165, 1.54) is 18.4 Å². The molecule has 0 saturated heterocycles. The van der Waals surface area contributed by atoms with Crippen molar-refractivity contribution in [3.63, 3.8) is 0 Å². The lowest BCUT2D eigenvalue weighted by molar-refractivity contribution is -0.132. The van der Waals surface area contributed by atoms with Gasteiger partial charge >= 0.3 is 0 Å². The van der Waals surface area contributed by atoms with Crippen molar-refractivity contribution < 1.29 is 9.59 Å². The molecule has 0 radical (unpaired) electrons. The summed E-state index contributed by atoms with van der Waals surface area (Å²) in [5, 5.41) is 0. The Labute approximate surface area is 177 Å². The molecule has 3 saturated carbocycles. The van der Waals surface area contributed by atoms with E-state index >= 15 is 0 Å². The highest BCUT2D eigenvalue weighted by atomic mass is 79.9. The first-order valence-electron chi connectivity index (χ1n) is 10.8. The molecular formula is C25H31BrO2. The first-order chi connectivity index (χ1) is 13.3. The number of carbonyl (C=O) groups is 2. The van der Waals surface area contributed by atoms with E-state index in [-0.39, 0.29) is 10.8 Å². The molecule has 3 fully saturated rings. The molecule has 0 heterocycles. The van der Waals surface area contributed by atoms with Gasteiger partial charge in [-0.2, -0.15) is 0 Å². The number of fused-ring (bicyclic) bond motifs is 5. The predicted molar refractivity (Wildman–Crippen MR) is 116 cm³/mol. The van der Waals surface area contributed by atoms with Gasteiger partial charge in [0.15, 0.2) is 5.78 Å². The number of rotatable bonds is 0.